The van der Waals surface area contributed by atoms with E-state index < -0.39 is 12.2 Å². The van der Waals surface area contributed by atoms with E-state index in [1.54, 1.807) is 4.90 Å². The van der Waals surface area contributed by atoms with Gasteiger partial charge in [-0.1, -0.05) is 30.3 Å². The fourth-order valence-electron chi connectivity index (χ4n) is 4.37. The van der Waals surface area contributed by atoms with Crippen LogP contribution in [0.4, 0.5) is 11.4 Å². The fourth-order valence-corrected chi connectivity index (χ4v) is 4.37. The SMILES string of the molecule is Nc1cc2c3c(c1)C(c1ccccc1)=NC(NC(=O)C1CNCCN1)C(=O)N3CC2. The molecular weight excluding hydrogens is 380 g/mol. The van der Waals surface area contributed by atoms with Crippen LogP contribution >= 0.6 is 0 Å². The summed E-state index contributed by atoms with van der Waals surface area (Å²) in [5.41, 5.74) is 11.1. The minimum absolute atomic E-state index is 0.220. The molecule has 1 saturated heterocycles. The fraction of sp³-hybridized carbons (Fsp3) is 0.318. The van der Waals surface area contributed by atoms with Crippen LogP contribution < -0.4 is 26.6 Å². The molecule has 0 radical (unpaired) electrons. The van der Waals surface area contributed by atoms with Gasteiger partial charge in [0.05, 0.1) is 17.4 Å². The second kappa shape index (κ2) is 7.55. The molecule has 2 atom stereocenters. The van der Waals surface area contributed by atoms with Crippen molar-refractivity contribution in [2.75, 3.05) is 36.8 Å². The lowest BCUT2D eigenvalue weighted by molar-refractivity contribution is -0.128. The molecule has 0 aromatic heterocycles. The number of aliphatic imine (C=N–C) groups is 1. The Hall–Kier alpha value is -3.23. The first-order chi connectivity index (χ1) is 14.6. The molecule has 5 N–H and O–H groups in total. The van der Waals surface area contributed by atoms with Gasteiger partial charge < -0.3 is 26.6 Å². The number of nitrogen functional groups attached to an aromatic ring is 1. The lowest BCUT2D eigenvalue weighted by Crippen LogP contribution is -2.58. The zero-order valence-electron chi connectivity index (χ0n) is 16.5. The summed E-state index contributed by atoms with van der Waals surface area (Å²) in [6.45, 7) is 2.59. The summed E-state index contributed by atoms with van der Waals surface area (Å²) in [5.74, 6) is -0.454. The number of hydrogen-bond acceptors (Lipinski definition) is 6. The zero-order valence-corrected chi connectivity index (χ0v) is 16.5. The van der Waals surface area contributed by atoms with Crippen LogP contribution in [0.25, 0.3) is 0 Å². The van der Waals surface area contributed by atoms with E-state index in [1.807, 2.05) is 42.5 Å². The van der Waals surface area contributed by atoms with Crippen molar-refractivity contribution < 1.29 is 9.59 Å². The van der Waals surface area contributed by atoms with Crippen molar-refractivity contribution in [3.05, 3.63) is 59.2 Å². The molecule has 2 aromatic rings. The Morgan fingerprint density at radius 2 is 2.03 bits per heavy atom. The highest BCUT2D eigenvalue weighted by Crippen LogP contribution is 2.37. The molecule has 2 aromatic carbocycles. The third kappa shape index (κ3) is 3.24. The van der Waals surface area contributed by atoms with E-state index >= 15 is 0 Å². The van der Waals surface area contributed by atoms with Gasteiger partial charge >= 0.3 is 0 Å². The molecule has 5 rings (SSSR count). The van der Waals surface area contributed by atoms with Crippen LogP contribution in [0.5, 0.6) is 0 Å². The Morgan fingerprint density at radius 1 is 1.20 bits per heavy atom. The molecule has 0 saturated carbocycles. The number of nitrogens with one attached hydrogen (secondary N) is 3. The average molecular weight is 404 g/mol. The third-order valence-corrected chi connectivity index (χ3v) is 5.78. The zero-order chi connectivity index (χ0) is 20.7. The number of nitrogens with zero attached hydrogens (tertiary/aromatic N) is 2. The summed E-state index contributed by atoms with van der Waals surface area (Å²) in [6.07, 6.45) is -0.258. The maximum absolute atomic E-state index is 13.4. The van der Waals surface area contributed by atoms with Crippen LogP contribution in [-0.4, -0.2) is 55.9 Å². The normalized spacial score (nSPS) is 22.9. The van der Waals surface area contributed by atoms with Crippen LogP contribution in [-0.2, 0) is 16.0 Å². The Balaban J connectivity index is 1.58. The number of anilines is 2. The molecular formula is C22H24N6O2. The van der Waals surface area contributed by atoms with E-state index in [4.69, 9.17) is 10.7 Å². The second-order valence-corrected chi connectivity index (χ2v) is 7.78. The van der Waals surface area contributed by atoms with Gasteiger partial charge in [0.25, 0.3) is 5.91 Å². The Kier molecular flexibility index (Phi) is 4.72. The average Bonchev–Trinajstić information content (AvgIpc) is 3.16. The number of carbonyl (C=O) groups is 2. The number of amides is 2. The van der Waals surface area contributed by atoms with E-state index in [2.05, 4.69) is 16.0 Å². The molecule has 8 nitrogen and oxygen atoms in total. The molecule has 0 bridgehead atoms. The molecule has 3 aliphatic heterocycles. The quantitative estimate of drug-likeness (QED) is 0.539. The van der Waals surface area contributed by atoms with Gasteiger partial charge in [-0.3, -0.25) is 9.59 Å². The number of hydrogen-bond donors (Lipinski definition) is 4. The van der Waals surface area contributed by atoms with Crippen LogP contribution in [0.1, 0.15) is 16.7 Å². The first kappa shape index (κ1) is 18.8. The minimum Gasteiger partial charge on any atom is -0.399 e. The third-order valence-electron chi connectivity index (χ3n) is 5.78. The van der Waals surface area contributed by atoms with Gasteiger partial charge in [0, 0.05) is 43.0 Å². The number of carbonyl (C=O) groups excluding carboxylic acids is 2. The monoisotopic (exact) mass is 404 g/mol. The van der Waals surface area contributed by atoms with Crippen LogP contribution in [0, 0.1) is 0 Å². The van der Waals surface area contributed by atoms with Crippen molar-refractivity contribution in [3.8, 4) is 0 Å². The van der Waals surface area contributed by atoms with Gasteiger partial charge in [-0.05, 0) is 24.1 Å². The predicted molar refractivity (Wildman–Crippen MR) is 116 cm³/mol. The van der Waals surface area contributed by atoms with E-state index in [0.29, 0.717) is 31.0 Å². The smallest absolute Gasteiger partial charge is 0.272 e. The molecule has 30 heavy (non-hydrogen) atoms. The maximum Gasteiger partial charge on any atom is 0.272 e. The summed E-state index contributed by atoms with van der Waals surface area (Å²) < 4.78 is 0. The maximum atomic E-state index is 13.4. The molecule has 3 heterocycles. The van der Waals surface area contributed by atoms with Crippen molar-refractivity contribution >= 4 is 28.9 Å². The number of benzene rings is 2. The Morgan fingerprint density at radius 3 is 2.80 bits per heavy atom. The van der Waals surface area contributed by atoms with Crippen molar-refractivity contribution in [3.63, 3.8) is 0 Å². The summed E-state index contributed by atoms with van der Waals surface area (Å²) in [4.78, 5) is 32.7. The van der Waals surface area contributed by atoms with Gasteiger partial charge in [0.2, 0.25) is 12.1 Å². The van der Waals surface area contributed by atoms with Gasteiger partial charge in [-0.15, -0.1) is 0 Å². The molecule has 1 fully saturated rings. The van der Waals surface area contributed by atoms with Crippen LogP contribution in [0.3, 0.4) is 0 Å². The van der Waals surface area contributed by atoms with Crippen molar-refractivity contribution in [2.24, 2.45) is 4.99 Å². The first-order valence-corrected chi connectivity index (χ1v) is 10.2. The van der Waals surface area contributed by atoms with Crippen molar-refractivity contribution in [1.82, 2.24) is 16.0 Å². The van der Waals surface area contributed by atoms with Crippen molar-refractivity contribution in [1.29, 1.82) is 0 Å². The molecule has 2 unspecified atom stereocenters. The van der Waals surface area contributed by atoms with E-state index in [-0.39, 0.29) is 11.8 Å². The Labute approximate surface area is 174 Å². The number of piperazine rings is 1. The minimum atomic E-state index is -0.990. The van der Waals surface area contributed by atoms with Gasteiger partial charge in [0.1, 0.15) is 0 Å². The Bertz CT molecular complexity index is 1030. The van der Waals surface area contributed by atoms with Crippen LogP contribution in [0.2, 0.25) is 0 Å². The highest BCUT2D eigenvalue weighted by molar-refractivity contribution is 6.21. The highest BCUT2D eigenvalue weighted by Gasteiger charge is 2.38. The van der Waals surface area contributed by atoms with Gasteiger partial charge in [-0.2, -0.15) is 0 Å². The van der Waals surface area contributed by atoms with Gasteiger partial charge in [0.15, 0.2) is 0 Å². The molecule has 0 spiro atoms. The topological polar surface area (TPSA) is 112 Å². The summed E-state index contributed by atoms with van der Waals surface area (Å²) in [5, 5.41) is 9.23. The number of rotatable bonds is 3. The largest absolute Gasteiger partial charge is 0.399 e. The van der Waals surface area contributed by atoms with E-state index in [9.17, 15) is 9.59 Å². The van der Waals surface area contributed by atoms with E-state index in [0.717, 1.165) is 35.3 Å². The summed E-state index contributed by atoms with van der Waals surface area (Å²) in [6, 6.07) is 13.1. The van der Waals surface area contributed by atoms with Crippen LogP contribution in [0.15, 0.2) is 47.5 Å². The van der Waals surface area contributed by atoms with E-state index in [1.165, 1.54) is 0 Å². The lowest BCUT2D eigenvalue weighted by atomic mass is 9.97. The van der Waals surface area contributed by atoms with Crippen molar-refractivity contribution in [2.45, 2.75) is 18.6 Å². The lowest BCUT2D eigenvalue weighted by Gasteiger charge is -2.26. The molecule has 8 heteroatoms. The summed E-state index contributed by atoms with van der Waals surface area (Å²) in [7, 11) is 0. The number of nitrogens with two attached hydrogens (primary N) is 1. The molecule has 2 amide bonds. The summed E-state index contributed by atoms with van der Waals surface area (Å²) >= 11 is 0. The standard InChI is InChI=1S/C22H24N6O2/c23-15-10-14-6-9-28-19(14)16(11-15)18(13-4-2-1-3-5-13)26-20(22(28)30)27-21(29)17-12-24-7-8-25-17/h1-5,10-11,17,20,24-25H,6-9,12,23H2,(H,27,29). The first-order valence-electron chi connectivity index (χ1n) is 10.2. The second-order valence-electron chi connectivity index (χ2n) is 7.78. The molecule has 154 valence electrons. The predicted octanol–water partition coefficient (Wildman–Crippen LogP) is 0.0126. The highest BCUT2D eigenvalue weighted by atomic mass is 16.2. The molecule has 0 aliphatic carbocycles. The molecule has 3 aliphatic rings. The van der Waals surface area contributed by atoms with Gasteiger partial charge in [-0.25, -0.2) is 4.99 Å².